The highest BCUT2D eigenvalue weighted by atomic mass is 16.6. The summed E-state index contributed by atoms with van der Waals surface area (Å²) in [6, 6.07) is 1.74. The zero-order valence-corrected chi connectivity index (χ0v) is 9.67. The van der Waals surface area contributed by atoms with E-state index in [1.165, 1.54) is 0 Å². The van der Waals surface area contributed by atoms with Gasteiger partial charge in [0.2, 0.25) is 0 Å². The van der Waals surface area contributed by atoms with Crippen LogP contribution in [0.15, 0.2) is 11.0 Å². The van der Waals surface area contributed by atoms with Crippen molar-refractivity contribution in [3.8, 4) is 6.07 Å². The highest BCUT2D eigenvalue weighted by Crippen LogP contribution is 2.28. The molecule has 102 valence electrons. The Hall–Kier alpha value is -1.99. The smallest absolute Gasteiger partial charge is 0.351 e. The predicted octanol–water partition coefficient (Wildman–Crippen LogP) is -2.69. The number of nitrogens with two attached hydrogens (primary N) is 1. The Morgan fingerprint density at radius 1 is 1.53 bits per heavy atom. The van der Waals surface area contributed by atoms with E-state index < -0.39 is 36.8 Å². The van der Waals surface area contributed by atoms with E-state index in [1.807, 2.05) is 0 Å². The summed E-state index contributed by atoms with van der Waals surface area (Å²) < 4.78 is 6.02. The van der Waals surface area contributed by atoms with Crippen molar-refractivity contribution in [1.82, 2.24) is 9.55 Å². The number of hydrogen-bond donors (Lipinski definition) is 4. The molecule has 2 rings (SSSR count). The van der Waals surface area contributed by atoms with Gasteiger partial charge < -0.3 is 25.8 Å². The lowest BCUT2D eigenvalue weighted by Crippen LogP contribution is -2.36. The van der Waals surface area contributed by atoms with Crippen LogP contribution in [0.4, 0.5) is 5.82 Å². The number of aliphatic hydroxyl groups is 3. The van der Waals surface area contributed by atoms with Gasteiger partial charge in [-0.1, -0.05) is 0 Å². The van der Waals surface area contributed by atoms with Crippen LogP contribution >= 0.6 is 0 Å². The van der Waals surface area contributed by atoms with Gasteiger partial charge in [-0.2, -0.15) is 10.2 Å². The highest BCUT2D eigenvalue weighted by Gasteiger charge is 2.43. The van der Waals surface area contributed by atoms with Gasteiger partial charge in [-0.25, -0.2) is 4.79 Å². The molecule has 1 aliphatic rings. The van der Waals surface area contributed by atoms with Crippen molar-refractivity contribution in [3.05, 3.63) is 22.2 Å². The summed E-state index contributed by atoms with van der Waals surface area (Å²) in [5, 5.41) is 37.2. The summed E-state index contributed by atoms with van der Waals surface area (Å²) in [7, 11) is 0. The molecule has 0 bridgehead atoms. The van der Waals surface area contributed by atoms with Gasteiger partial charge in [0, 0.05) is 6.20 Å². The number of nitriles is 1. The van der Waals surface area contributed by atoms with Crippen molar-refractivity contribution in [1.29, 1.82) is 5.26 Å². The number of anilines is 1. The number of hydrogen-bond acceptors (Lipinski definition) is 8. The zero-order valence-electron chi connectivity index (χ0n) is 9.67. The lowest BCUT2D eigenvalue weighted by atomic mass is 10.1. The minimum atomic E-state index is -1.42. The molecule has 4 atom stereocenters. The largest absolute Gasteiger partial charge is 0.394 e. The highest BCUT2D eigenvalue weighted by molar-refractivity contribution is 5.45. The first-order valence-corrected chi connectivity index (χ1v) is 5.40. The summed E-state index contributed by atoms with van der Waals surface area (Å²) in [4.78, 5) is 15.1. The van der Waals surface area contributed by atoms with E-state index in [-0.39, 0.29) is 11.4 Å². The maximum absolute atomic E-state index is 11.7. The lowest BCUT2D eigenvalue weighted by Gasteiger charge is -2.17. The van der Waals surface area contributed by atoms with Gasteiger partial charge >= 0.3 is 5.69 Å². The van der Waals surface area contributed by atoms with E-state index in [0.717, 1.165) is 10.8 Å². The Bertz CT molecular complexity index is 580. The average molecular weight is 268 g/mol. The Balaban J connectivity index is 2.44. The van der Waals surface area contributed by atoms with E-state index >= 15 is 0 Å². The SMILES string of the molecule is N#Cc1cn([C@@H]2O[C@H](CO)C(O)C2O)c(=O)nc1N. The average Bonchev–Trinajstić information content (AvgIpc) is 2.67. The Morgan fingerprint density at radius 3 is 2.74 bits per heavy atom. The van der Waals surface area contributed by atoms with Gasteiger partial charge in [0.05, 0.1) is 6.61 Å². The van der Waals surface area contributed by atoms with Crippen molar-refractivity contribution in [2.45, 2.75) is 24.5 Å². The minimum absolute atomic E-state index is 0.0580. The quantitative estimate of drug-likeness (QED) is 0.452. The second kappa shape index (κ2) is 4.94. The molecule has 2 heterocycles. The molecule has 0 aliphatic carbocycles. The fourth-order valence-electron chi connectivity index (χ4n) is 1.86. The molecule has 2 unspecified atom stereocenters. The molecule has 1 saturated heterocycles. The van der Waals surface area contributed by atoms with E-state index in [2.05, 4.69) is 4.98 Å². The van der Waals surface area contributed by atoms with Crippen LogP contribution in [0.1, 0.15) is 11.8 Å². The fraction of sp³-hybridized carbons (Fsp3) is 0.500. The molecule has 1 aromatic heterocycles. The summed E-state index contributed by atoms with van der Waals surface area (Å²) in [5.41, 5.74) is 4.49. The van der Waals surface area contributed by atoms with Crippen LogP contribution in [-0.4, -0.2) is 49.8 Å². The van der Waals surface area contributed by atoms with Crippen molar-refractivity contribution < 1.29 is 20.1 Å². The molecule has 0 spiro atoms. The van der Waals surface area contributed by atoms with E-state index in [1.54, 1.807) is 6.07 Å². The molecule has 19 heavy (non-hydrogen) atoms. The molecule has 1 fully saturated rings. The third-order valence-electron chi connectivity index (χ3n) is 2.89. The number of aliphatic hydroxyl groups excluding tert-OH is 3. The van der Waals surface area contributed by atoms with Gasteiger partial charge in [0.1, 0.15) is 35.8 Å². The normalized spacial score (nSPS) is 30.2. The molecular formula is C10H12N4O5. The monoisotopic (exact) mass is 268 g/mol. The van der Waals surface area contributed by atoms with Crippen LogP contribution in [0.25, 0.3) is 0 Å². The van der Waals surface area contributed by atoms with E-state index in [9.17, 15) is 15.0 Å². The third-order valence-corrected chi connectivity index (χ3v) is 2.89. The van der Waals surface area contributed by atoms with Crippen LogP contribution in [0, 0.1) is 11.3 Å². The Morgan fingerprint density at radius 2 is 2.21 bits per heavy atom. The van der Waals surface area contributed by atoms with Gasteiger partial charge in [-0.05, 0) is 0 Å². The first-order chi connectivity index (χ1) is 8.99. The molecule has 5 N–H and O–H groups in total. The Labute approximate surface area is 107 Å². The van der Waals surface area contributed by atoms with Crippen LogP contribution in [0.5, 0.6) is 0 Å². The van der Waals surface area contributed by atoms with Gasteiger partial charge in [-0.15, -0.1) is 0 Å². The number of aromatic nitrogens is 2. The Kier molecular flexibility index (Phi) is 3.50. The van der Waals surface area contributed by atoms with Crippen molar-refractivity contribution in [2.75, 3.05) is 12.3 Å². The molecule has 1 aromatic rings. The molecule has 1 aliphatic heterocycles. The number of rotatable bonds is 2. The predicted molar refractivity (Wildman–Crippen MR) is 60.6 cm³/mol. The van der Waals surface area contributed by atoms with Crippen LogP contribution < -0.4 is 11.4 Å². The lowest BCUT2D eigenvalue weighted by molar-refractivity contribution is -0.0549. The fourth-order valence-corrected chi connectivity index (χ4v) is 1.86. The summed E-state index contributed by atoms with van der Waals surface area (Å²) in [6.07, 6.45) is -3.93. The molecule has 9 nitrogen and oxygen atoms in total. The van der Waals surface area contributed by atoms with Gasteiger partial charge in [0.15, 0.2) is 6.23 Å². The molecule has 9 heteroatoms. The molecule has 0 amide bonds. The van der Waals surface area contributed by atoms with Gasteiger partial charge in [-0.3, -0.25) is 4.57 Å². The van der Waals surface area contributed by atoms with Crippen molar-refractivity contribution in [2.24, 2.45) is 0 Å². The molecule has 0 saturated carbocycles. The minimum Gasteiger partial charge on any atom is -0.394 e. The van der Waals surface area contributed by atoms with Crippen molar-refractivity contribution in [3.63, 3.8) is 0 Å². The maximum Gasteiger partial charge on any atom is 0.351 e. The van der Waals surface area contributed by atoms with Crippen molar-refractivity contribution >= 4 is 5.82 Å². The summed E-state index contributed by atoms with van der Waals surface area (Å²) >= 11 is 0. The number of ether oxygens (including phenoxy) is 1. The first-order valence-electron chi connectivity index (χ1n) is 5.40. The third kappa shape index (κ3) is 2.18. The molecule has 0 radical (unpaired) electrons. The number of nitrogen functional groups attached to an aromatic ring is 1. The van der Waals surface area contributed by atoms with Gasteiger partial charge in [0.25, 0.3) is 0 Å². The van der Waals surface area contributed by atoms with E-state index in [4.69, 9.17) is 20.8 Å². The molecular weight excluding hydrogens is 256 g/mol. The second-order valence-corrected chi connectivity index (χ2v) is 4.07. The zero-order chi connectivity index (χ0) is 14.2. The summed E-state index contributed by atoms with van der Waals surface area (Å²) in [6.45, 7) is -0.517. The second-order valence-electron chi connectivity index (χ2n) is 4.07. The number of nitrogens with zero attached hydrogens (tertiary/aromatic N) is 3. The van der Waals surface area contributed by atoms with E-state index in [0.29, 0.717) is 0 Å². The first kappa shape index (κ1) is 13.4. The topological polar surface area (TPSA) is 155 Å². The maximum atomic E-state index is 11.7. The van der Waals surface area contributed by atoms with Crippen LogP contribution in [0.3, 0.4) is 0 Å². The molecule has 0 aromatic carbocycles. The summed E-state index contributed by atoms with van der Waals surface area (Å²) in [5.74, 6) is -0.226. The van der Waals surface area contributed by atoms with Crippen LogP contribution in [-0.2, 0) is 4.74 Å². The standard InChI is InChI=1S/C10H12N4O5/c11-1-4-2-14(10(18)13-8(4)12)9-7(17)6(16)5(3-15)19-9/h2,5-7,9,15-17H,3H2,(H2,12,13,18)/t5-,6?,7?,9-/m1/s1. The van der Waals surface area contributed by atoms with Crippen LogP contribution in [0.2, 0.25) is 0 Å².